The van der Waals surface area contributed by atoms with Gasteiger partial charge in [-0.3, -0.25) is 0 Å². The van der Waals surface area contributed by atoms with E-state index >= 15 is 0 Å². The van der Waals surface area contributed by atoms with Crippen molar-refractivity contribution in [1.82, 2.24) is 24.6 Å². The Kier molecular flexibility index (Phi) is 4.50. The SMILES string of the molecule is COc1ncc(-c2cc([C@H]3C[C@@H]3c3ccc(C#N)c(C4CC4)c3)c3nccn3n2)c(OC)n1. The highest BCUT2D eigenvalue weighted by Gasteiger charge is 2.42. The smallest absolute Gasteiger partial charge is 0.319 e. The van der Waals surface area contributed by atoms with E-state index in [1.54, 1.807) is 24.0 Å². The maximum absolute atomic E-state index is 9.48. The average molecular weight is 438 g/mol. The first-order valence-corrected chi connectivity index (χ1v) is 11.0. The van der Waals surface area contributed by atoms with Crippen LogP contribution in [0.25, 0.3) is 16.9 Å². The predicted molar refractivity (Wildman–Crippen MR) is 120 cm³/mol. The van der Waals surface area contributed by atoms with E-state index in [0.717, 1.165) is 28.9 Å². The second-order valence-electron chi connectivity index (χ2n) is 8.64. The molecule has 2 saturated carbocycles. The molecule has 8 heteroatoms. The van der Waals surface area contributed by atoms with Gasteiger partial charge in [0, 0.05) is 24.2 Å². The van der Waals surface area contributed by atoms with E-state index in [4.69, 9.17) is 14.6 Å². The van der Waals surface area contributed by atoms with Crippen molar-refractivity contribution in [3.05, 3.63) is 65.1 Å². The van der Waals surface area contributed by atoms with Crippen molar-refractivity contribution in [3.63, 3.8) is 0 Å². The van der Waals surface area contributed by atoms with Gasteiger partial charge >= 0.3 is 6.01 Å². The summed E-state index contributed by atoms with van der Waals surface area (Å²) in [6.45, 7) is 0. The Morgan fingerprint density at radius 2 is 1.94 bits per heavy atom. The third kappa shape index (κ3) is 3.37. The lowest BCUT2D eigenvalue weighted by Gasteiger charge is -2.11. The first kappa shape index (κ1) is 19.7. The van der Waals surface area contributed by atoms with Gasteiger partial charge in [-0.05, 0) is 60.3 Å². The topological polar surface area (TPSA) is 98.2 Å². The highest BCUT2D eigenvalue weighted by atomic mass is 16.5. The summed E-state index contributed by atoms with van der Waals surface area (Å²) in [5.41, 5.74) is 6.74. The Morgan fingerprint density at radius 1 is 1.06 bits per heavy atom. The molecule has 4 aromatic rings. The molecule has 3 aromatic heterocycles. The molecule has 0 amide bonds. The summed E-state index contributed by atoms with van der Waals surface area (Å²) in [6.07, 6.45) is 8.69. The molecule has 0 aliphatic heterocycles. The standard InChI is InChI=1S/C25H22N6O2/c1-32-24-21(13-28-25(29-24)33-2)22-11-20(23-27-7-8-31(23)30-22)19-10-18(19)15-5-6-16(12-26)17(9-15)14-3-4-14/h5-9,11,13-14,18-19H,3-4,10H2,1-2H3/t18-,19+/m1/s1. The van der Waals surface area contributed by atoms with Crippen molar-refractivity contribution in [1.29, 1.82) is 5.26 Å². The molecule has 0 N–H and O–H groups in total. The molecule has 0 unspecified atom stereocenters. The number of imidazole rings is 1. The van der Waals surface area contributed by atoms with Crippen LogP contribution in [0.3, 0.4) is 0 Å². The molecule has 0 bridgehead atoms. The maximum Gasteiger partial charge on any atom is 0.319 e. The summed E-state index contributed by atoms with van der Waals surface area (Å²) in [5.74, 6) is 1.70. The minimum Gasteiger partial charge on any atom is -0.480 e. The molecule has 0 radical (unpaired) electrons. The van der Waals surface area contributed by atoms with Crippen LogP contribution in [0.5, 0.6) is 11.9 Å². The van der Waals surface area contributed by atoms with Crippen LogP contribution < -0.4 is 9.47 Å². The maximum atomic E-state index is 9.48. The van der Waals surface area contributed by atoms with Crippen molar-refractivity contribution in [2.24, 2.45) is 0 Å². The van der Waals surface area contributed by atoms with Crippen molar-refractivity contribution in [2.45, 2.75) is 37.0 Å². The van der Waals surface area contributed by atoms with Gasteiger partial charge in [0.1, 0.15) is 0 Å². The number of nitriles is 1. The Balaban J connectivity index is 1.39. The zero-order valence-corrected chi connectivity index (χ0v) is 18.4. The van der Waals surface area contributed by atoms with Crippen LogP contribution in [0.2, 0.25) is 0 Å². The van der Waals surface area contributed by atoms with E-state index in [-0.39, 0.29) is 6.01 Å². The van der Waals surface area contributed by atoms with Gasteiger partial charge in [0.25, 0.3) is 0 Å². The lowest BCUT2D eigenvalue weighted by atomic mass is 9.97. The van der Waals surface area contributed by atoms with Crippen LogP contribution in [0.1, 0.15) is 59.3 Å². The van der Waals surface area contributed by atoms with Crippen molar-refractivity contribution in [2.75, 3.05) is 14.2 Å². The Bertz CT molecular complexity index is 1420. The first-order chi connectivity index (χ1) is 16.2. The van der Waals surface area contributed by atoms with Crippen LogP contribution in [0.4, 0.5) is 0 Å². The predicted octanol–water partition coefficient (Wildman–Crippen LogP) is 4.22. The van der Waals surface area contributed by atoms with Crippen LogP contribution >= 0.6 is 0 Å². The molecule has 8 nitrogen and oxygen atoms in total. The lowest BCUT2D eigenvalue weighted by Crippen LogP contribution is -2.02. The normalized spacial score (nSPS) is 19.3. The summed E-state index contributed by atoms with van der Waals surface area (Å²) in [6, 6.07) is 11.0. The number of methoxy groups -OCH3 is 2. The first-order valence-electron chi connectivity index (χ1n) is 11.0. The number of rotatable bonds is 6. The van der Waals surface area contributed by atoms with E-state index in [1.165, 1.54) is 31.1 Å². The number of benzene rings is 1. The van der Waals surface area contributed by atoms with Crippen molar-refractivity contribution in [3.8, 4) is 29.2 Å². The monoisotopic (exact) mass is 438 g/mol. The molecule has 1 aromatic carbocycles. The fourth-order valence-electron chi connectivity index (χ4n) is 4.68. The third-order valence-corrected chi connectivity index (χ3v) is 6.60. The average Bonchev–Trinajstić information content (AvgIpc) is 3.79. The van der Waals surface area contributed by atoms with Crippen molar-refractivity contribution < 1.29 is 9.47 Å². The van der Waals surface area contributed by atoms with E-state index < -0.39 is 0 Å². The highest BCUT2D eigenvalue weighted by molar-refractivity contribution is 5.68. The molecule has 6 rings (SSSR count). The van der Waals surface area contributed by atoms with Gasteiger partial charge in [0.05, 0.1) is 37.1 Å². The molecule has 0 saturated heterocycles. The van der Waals surface area contributed by atoms with Gasteiger partial charge in [-0.15, -0.1) is 0 Å². The zero-order valence-electron chi connectivity index (χ0n) is 18.4. The molecule has 2 aliphatic carbocycles. The number of fused-ring (bicyclic) bond motifs is 1. The number of hydrogen-bond donors (Lipinski definition) is 0. The Labute approximate surface area is 190 Å². The van der Waals surface area contributed by atoms with Gasteiger partial charge in [0.15, 0.2) is 5.65 Å². The number of aromatic nitrogens is 5. The molecule has 2 fully saturated rings. The molecule has 2 atom stereocenters. The molecular weight excluding hydrogens is 416 g/mol. The van der Waals surface area contributed by atoms with Crippen LogP contribution in [0.15, 0.2) is 42.9 Å². The summed E-state index contributed by atoms with van der Waals surface area (Å²) in [4.78, 5) is 13.1. The second-order valence-corrected chi connectivity index (χ2v) is 8.64. The fourth-order valence-corrected chi connectivity index (χ4v) is 4.68. The minimum absolute atomic E-state index is 0.245. The van der Waals surface area contributed by atoms with Gasteiger partial charge in [-0.2, -0.15) is 15.3 Å². The molecule has 164 valence electrons. The molecule has 0 spiro atoms. The molecule has 33 heavy (non-hydrogen) atoms. The fraction of sp³-hybridized carbons (Fsp3) is 0.320. The third-order valence-electron chi connectivity index (χ3n) is 6.60. The number of nitrogens with zero attached hydrogens (tertiary/aromatic N) is 6. The van der Waals surface area contributed by atoms with Gasteiger partial charge in [-0.25, -0.2) is 14.5 Å². The van der Waals surface area contributed by atoms with Crippen LogP contribution in [-0.2, 0) is 0 Å². The molecule has 3 heterocycles. The second kappa shape index (κ2) is 7.55. The lowest BCUT2D eigenvalue weighted by molar-refractivity contribution is 0.353. The zero-order chi connectivity index (χ0) is 22.5. The van der Waals surface area contributed by atoms with Gasteiger partial charge < -0.3 is 9.47 Å². The van der Waals surface area contributed by atoms with E-state index in [1.807, 2.05) is 12.3 Å². The highest BCUT2D eigenvalue weighted by Crippen LogP contribution is 2.56. The van der Waals surface area contributed by atoms with Crippen molar-refractivity contribution >= 4 is 5.65 Å². The van der Waals surface area contributed by atoms with E-state index in [0.29, 0.717) is 29.2 Å². The summed E-state index contributed by atoms with van der Waals surface area (Å²) in [7, 11) is 3.09. The Hall–Kier alpha value is -3.99. The minimum atomic E-state index is 0.245. The van der Waals surface area contributed by atoms with E-state index in [9.17, 15) is 5.26 Å². The number of hydrogen-bond acceptors (Lipinski definition) is 7. The summed E-state index contributed by atoms with van der Waals surface area (Å²) in [5, 5.41) is 14.2. The molecular formula is C25H22N6O2. The number of ether oxygens (including phenoxy) is 2. The quantitative estimate of drug-likeness (QED) is 0.444. The molecule has 2 aliphatic rings. The van der Waals surface area contributed by atoms with Crippen LogP contribution in [0, 0.1) is 11.3 Å². The largest absolute Gasteiger partial charge is 0.480 e. The van der Waals surface area contributed by atoms with Crippen LogP contribution in [-0.4, -0.2) is 38.8 Å². The van der Waals surface area contributed by atoms with E-state index in [2.05, 4.69) is 39.2 Å². The Morgan fingerprint density at radius 3 is 2.70 bits per heavy atom. The summed E-state index contributed by atoms with van der Waals surface area (Å²) < 4.78 is 12.4. The summed E-state index contributed by atoms with van der Waals surface area (Å²) >= 11 is 0. The van der Waals surface area contributed by atoms with Gasteiger partial charge in [0.2, 0.25) is 5.88 Å². The van der Waals surface area contributed by atoms with Gasteiger partial charge in [-0.1, -0.05) is 12.1 Å².